The Labute approximate surface area is 214 Å². The first-order valence-corrected chi connectivity index (χ1v) is 12.5. The second kappa shape index (κ2) is 10.6. The van der Waals surface area contributed by atoms with E-state index in [0.717, 1.165) is 27.3 Å². The van der Waals surface area contributed by atoms with Crippen molar-refractivity contribution in [2.45, 2.75) is 24.9 Å². The molecule has 0 fully saturated rings. The van der Waals surface area contributed by atoms with Gasteiger partial charge in [-0.3, -0.25) is 14.6 Å². The fourth-order valence-corrected chi connectivity index (χ4v) is 5.14. The topological polar surface area (TPSA) is 62.3 Å². The van der Waals surface area contributed by atoms with Crippen LogP contribution in [0.3, 0.4) is 0 Å². The predicted octanol–water partition coefficient (Wildman–Crippen LogP) is 6.00. The second-order valence-electron chi connectivity index (χ2n) is 8.62. The van der Waals surface area contributed by atoms with E-state index in [1.54, 1.807) is 24.5 Å². The Morgan fingerprint density at radius 3 is 2.56 bits per heavy atom. The molecule has 36 heavy (non-hydrogen) atoms. The van der Waals surface area contributed by atoms with Crippen LogP contribution in [0.15, 0.2) is 107 Å². The number of amides is 2. The van der Waals surface area contributed by atoms with Crippen LogP contribution in [-0.2, 0) is 17.9 Å². The van der Waals surface area contributed by atoms with Crippen LogP contribution >= 0.6 is 11.8 Å². The molecule has 1 aliphatic rings. The van der Waals surface area contributed by atoms with Gasteiger partial charge in [0.2, 0.25) is 0 Å². The standard InChI is InChI=1S/C30H25N3O2S/c1-21-6-4-7-23(16-21)20-33-26-9-2-3-10-27(26)36-28(30(33)35)17-22-11-13-25(14-12-22)29(34)32-19-24-8-5-15-31-18-24/h2-18H,19-20H2,1H3,(H,32,34). The molecule has 5 rings (SSSR count). The number of benzene rings is 3. The van der Waals surface area contributed by atoms with Crippen molar-refractivity contribution < 1.29 is 9.59 Å². The summed E-state index contributed by atoms with van der Waals surface area (Å²) in [4.78, 5) is 33.7. The maximum Gasteiger partial charge on any atom is 0.265 e. The van der Waals surface area contributed by atoms with Gasteiger partial charge in [0.25, 0.3) is 11.8 Å². The van der Waals surface area contributed by atoms with Crippen LogP contribution in [0.5, 0.6) is 0 Å². The molecule has 1 N–H and O–H groups in total. The van der Waals surface area contributed by atoms with Gasteiger partial charge in [-0.2, -0.15) is 0 Å². The summed E-state index contributed by atoms with van der Waals surface area (Å²) in [6, 6.07) is 27.3. The lowest BCUT2D eigenvalue weighted by Gasteiger charge is -2.30. The van der Waals surface area contributed by atoms with Crippen molar-refractivity contribution >= 4 is 35.3 Å². The molecule has 0 atom stereocenters. The largest absolute Gasteiger partial charge is 0.348 e. The number of pyridine rings is 1. The quantitative estimate of drug-likeness (QED) is 0.336. The van der Waals surface area contributed by atoms with Gasteiger partial charge in [0, 0.05) is 29.4 Å². The third kappa shape index (κ3) is 5.39. The number of carbonyl (C=O) groups excluding carboxylic acids is 2. The Balaban J connectivity index is 1.34. The summed E-state index contributed by atoms with van der Waals surface area (Å²) < 4.78 is 0. The fraction of sp³-hybridized carbons (Fsp3) is 0.100. The summed E-state index contributed by atoms with van der Waals surface area (Å²) in [5.41, 5.74) is 5.55. The van der Waals surface area contributed by atoms with Crippen LogP contribution in [-0.4, -0.2) is 16.8 Å². The number of rotatable bonds is 6. The lowest BCUT2D eigenvalue weighted by Crippen LogP contribution is -2.33. The van der Waals surface area contributed by atoms with Crippen molar-refractivity contribution in [3.8, 4) is 0 Å². The average molecular weight is 492 g/mol. The van der Waals surface area contributed by atoms with Crippen LogP contribution in [0.2, 0.25) is 0 Å². The van der Waals surface area contributed by atoms with Crippen LogP contribution in [0.25, 0.3) is 6.08 Å². The highest BCUT2D eigenvalue weighted by Crippen LogP contribution is 2.42. The third-order valence-corrected chi connectivity index (χ3v) is 6.98. The number of aromatic nitrogens is 1. The number of hydrogen-bond acceptors (Lipinski definition) is 4. The number of thioether (sulfide) groups is 1. The molecule has 0 spiro atoms. The zero-order chi connectivity index (χ0) is 24.9. The van der Waals surface area contributed by atoms with Crippen LogP contribution in [0.4, 0.5) is 5.69 Å². The van der Waals surface area contributed by atoms with Gasteiger partial charge >= 0.3 is 0 Å². The first-order valence-electron chi connectivity index (χ1n) is 11.7. The molecular formula is C30H25N3O2S. The van der Waals surface area contributed by atoms with Crippen molar-refractivity contribution in [2.24, 2.45) is 0 Å². The molecule has 178 valence electrons. The van der Waals surface area contributed by atoms with Crippen LogP contribution in [0.1, 0.15) is 32.6 Å². The van der Waals surface area contributed by atoms with E-state index in [1.165, 1.54) is 17.3 Å². The van der Waals surface area contributed by atoms with E-state index in [-0.39, 0.29) is 11.8 Å². The number of aryl methyl sites for hydroxylation is 1. The number of fused-ring (bicyclic) bond motifs is 1. The highest BCUT2D eigenvalue weighted by Gasteiger charge is 2.29. The Hall–Kier alpha value is -4.16. The molecule has 0 saturated heterocycles. The lowest BCUT2D eigenvalue weighted by molar-refractivity contribution is -0.114. The van der Waals surface area contributed by atoms with Crippen molar-refractivity contribution in [3.05, 3.63) is 130 Å². The van der Waals surface area contributed by atoms with Gasteiger partial charge in [0.05, 0.1) is 17.1 Å². The van der Waals surface area contributed by atoms with Crippen LogP contribution in [0, 0.1) is 6.92 Å². The van der Waals surface area contributed by atoms with Gasteiger partial charge in [-0.1, -0.05) is 71.9 Å². The summed E-state index contributed by atoms with van der Waals surface area (Å²) in [6.45, 7) is 2.98. The summed E-state index contributed by atoms with van der Waals surface area (Å²) >= 11 is 1.48. The molecule has 1 aromatic heterocycles. The van der Waals surface area contributed by atoms with Gasteiger partial charge in [-0.25, -0.2) is 0 Å². The minimum atomic E-state index is -0.153. The molecular weight excluding hydrogens is 466 g/mol. The van der Waals surface area contributed by atoms with E-state index in [2.05, 4.69) is 29.4 Å². The van der Waals surface area contributed by atoms with Crippen LogP contribution < -0.4 is 10.2 Å². The zero-order valence-corrected chi connectivity index (χ0v) is 20.7. The highest BCUT2D eigenvalue weighted by atomic mass is 32.2. The number of anilines is 1. The molecule has 0 bridgehead atoms. The maximum absolute atomic E-state index is 13.5. The van der Waals surface area contributed by atoms with E-state index in [9.17, 15) is 9.59 Å². The molecule has 6 heteroatoms. The van der Waals surface area contributed by atoms with E-state index in [4.69, 9.17) is 0 Å². The van der Waals surface area contributed by atoms with Crippen molar-refractivity contribution in [2.75, 3.05) is 4.90 Å². The average Bonchev–Trinajstić information content (AvgIpc) is 2.91. The Bertz CT molecular complexity index is 1430. The second-order valence-corrected chi connectivity index (χ2v) is 9.71. The third-order valence-electron chi connectivity index (χ3n) is 5.90. The monoisotopic (exact) mass is 491 g/mol. The number of nitrogens with zero attached hydrogens (tertiary/aromatic N) is 2. The first kappa shape index (κ1) is 23.6. The molecule has 3 aromatic carbocycles. The van der Waals surface area contributed by atoms with Crippen molar-refractivity contribution in [3.63, 3.8) is 0 Å². The van der Waals surface area contributed by atoms with E-state index in [1.807, 2.05) is 71.6 Å². The summed E-state index contributed by atoms with van der Waals surface area (Å²) in [5, 5.41) is 2.91. The zero-order valence-electron chi connectivity index (χ0n) is 19.8. The van der Waals surface area contributed by atoms with E-state index in [0.29, 0.717) is 23.6 Å². The number of hydrogen-bond donors (Lipinski definition) is 1. The minimum Gasteiger partial charge on any atom is -0.348 e. The van der Waals surface area contributed by atoms with Gasteiger partial charge in [0.1, 0.15) is 0 Å². The molecule has 2 heterocycles. The van der Waals surface area contributed by atoms with Gasteiger partial charge in [-0.05, 0) is 60.0 Å². The molecule has 0 unspecified atom stereocenters. The van der Waals surface area contributed by atoms with Gasteiger partial charge < -0.3 is 10.2 Å². The SMILES string of the molecule is Cc1cccc(CN2C(=O)C(=Cc3ccc(C(=O)NCc4cccnc4)cc3)Sc3ccccc32)c1. The molecule has 1 aliphatic heterocycles. The van der Waals surface area contributed by atoms with Gasteiger partial charge in [-0.15, -0.1) is 0 Å². The summed E-state index contributed by atoms with van der Waals surface area (Å²) in [6.07, 6.45) is 5.33. The smallest absolute Gasteiger partial charge is 0.265 e. The predicted molar refractivity (Wildman–Crippen MR) is 144 cm³/mol. The highest BCUT2D eigenvalue weighted by molar-refractivity contribution is 8.04. The fourth-order valence-electron chi connectivity index (χ4n) is 4.08. The molecule has 0 radical (unpaired) electrons. The molecule has 4 aromatic rings. The normalized spacial score (nSPS) is 14.0. The Kier molecular flexibility index (Phi) is 6.96. The van der Waals surface area contributed by atoms with Gasteiger partial charge in [0.15, 0.2) is 0 Å². The number of carbonyl (C=O) groups is 2. The summed E-state index contributed by atoms with van der Waals surface area (Å²) in [5.74, 6) is -0.182. The molecule has 5 nitrogen and oxygen atoms in total. The maximum atomic E-state index is 13.5. The lowest BCUT2D eigenvalue weighted by atomic mass is 10.1. The number of para-hydroxylation sites is 1. The first-order chi connectivity index (χ1) is 17.6. The van der Waals surface area contributed by atoms with Crippen molar-refractivity contribution in [1.82, 2.24) is 10.3 Å². The number of nitrogens with one attached hydrogen (secondary N) is 1. The van der Waals surface area contributed by atoms with Crippen molar-refractivity contribution in [1.29, 1.82) is 0 Å². The Morgan fingerprint density at radius 2 is 1.78 bits per heavy atom. The Morgan fingerprint density at radius 1 is 0.972 bits per heavy atom. The van der Waals surface area contributed by atoms with E-state index >= 15 is 0 Å². The summed E-state index contributed by atoms with van der Waals surface area (Å²) in [7, 11) is 0. The van der Waals surface area contributed by atoms with E-state index < -0.39 is 0 Å². The molecule has 0 aliphatic carbocycles. The molecule has 2 amide bonds. The minimum absolute atomic E-state index is 0.0292. The molecule has 0 saturated carbocycles.